The van der Waals surface area contributed by atoms with Gasteiger partial charge in [0.2, 0.25) is 0 Å². The van der Waals surface area contributed by atoms with Gasteiger partial charge in [-0.05, 0) is 91.4 Å². The van der Waals surface area contributed by atoms with Crippen LogP contribution < -0.4 is 37.7 Å². The van der Waals surface area contributed by atoms with Crippen LogP contribution in [0.1, 0.15) is 22.3 Å². The van der Waals surface area contributed by atoms with Crippen LogP contribution in [0.25, 0.3) is 82.5 Å². The number of hydrogen-bond acceptors (Lipinski definition) is 1. The maximum absolute atomic E-state index is 2.77. The molecule has 6 heteroatoms. The fraction of sp³-hybridized carbons (Fsp3) is 0.0149. The van der Waals surface area contributed by atoms with Crippen molar-refractivity contribution in [2.24, 2.45) is 0 Å². The minimum Gasteiger partial charge on any atom is -0.311 e. The van der Waals surface area contributed by atoms with Crippen molar-refractivity contribution in [3.63, 3.8) is 0 Å². The standard InChI is InChI=1S/C67H38B2N4/c1-4-19-39(20-5-1)67(40-21-6-2-7-22-40)47-29-12-15-36-55(47)72-57-38-56-59-66-60(57)69(51-33-18-30-48(67)64(51)72)52-37-46-43-26-11-13-34-53(43)70(41-23-8-3-9-24-41)63(46)58-45-28-17-32-50(62(45)73(66)65(52)58)68(59)49-31-16-27-44-42-25-10-14-35-54(42)71(56)61(44)49/h1-38H. The van der Waals surface area contributed by atoms with Gasteiger partial charge in [0, 0.05) is 71.8 Å². The molecule has 73 heavy (non-hydrogen) atoms. The minimum atomic E-state index is -0.603. The molecule has 0 unspecified atom stereocenters. The molecule has 0 aliphatic carbocycles. The third-order valence-electron chi connectivity index (χ3n) is 18.0. The molecule has 11 aromatic carbocycles. The van der Waals surface area contributed by atoms with Crippen molar-refractivity contribution in [1.29, 1.82) is 0 Å². The summed E-state index contributed by atoms with van der Waals surface area (Å²) in [5.74, 6) is 0. The Bertz CT molecular complexity index is 4830. The second-order valence-corrected chi connectivity index (χ2v) is 21.0. The van der Waals surface area contributed by atoms with E-state index in [2.05, 4.69) is 249 Å². The Labute approximate surface area is 420 Å². The summed E-state index contributed by atoms with van der Waals surface area (Å²) < 4.78 is 7.97. The molecule has 19 rings (SSSR count). The first kappa shape index (κ1) is 37.6. The summed E-state index contributed by atoms with van der Waals surface area (Å²) in [6, 6.07) is 88.0. The Kier molecular flexibility index (Phi) is 6.58. The maximum atomic E-state index is 2.77. The topological polar surface area (TPSA) is 18.0 Å². The summed E-state index contributed by atoms with van der Waals surface area (Å²) in [5, 5.41) is 7.81. The Morgan fingerprint density at radius 3 is 1.62 bits per heavy atom. The SMILES string of the molecule is c1ccc(-n2c3ccccc3c3cc4c5c(c6cccc7c6n5-c5c6c(cc8c5B7c5cccc7c9ccccc9n-8c57)N5c7ccccc7C(c7ccccc7)(c7ccccc7)c7cccc(c75)B64)c32)cc1. The maximum Gasteiger partial charge on any atom is 0.252 e. The molecule has 0 spiro atoms. The van der Waals surface area contributed by atoms with Crippen molar-refractivity contribution in [3.8, 4) is 17.1 Å². The predicted molar refractivity (Wildman–Crippen MR) is 305 cm³/mol. The highest BCUT2D eigenvalue weighted by atomic mass is 15.2. The monoisotopic (exact) mass is 920 g/mol. The molecular formula is C67H38B2N4. The van der Waals surface area contributed by atoms with E-state index in [1.54, 1.807) is 0 Å². The Hall–Kier alpha value is -9.25. The van der Waals surface area contributed by atoms with E-state index in [1.807, 2.05) is 0 Å². The largest absolute Gasteiger partial charge is 0.311 e. The van der Waals surface area contributed by atoms with Crippen LogP contribution in [0.5, 0.6) is 0 Å². The third-order valence-corrected chi connectivity index (χ3v) is 18.0. The lowest BCUT2D eigenvalue weighted by atomic mass is 9.29. The van der Waals surface area contributed by atoms with E-state index in [0.29, 0.717) is 0 Å². The molecule has 5 aliphatic heterocycles. The molecule has 4 nitrogen and oxygen atoms in total. The molecule has 14 aromatic rings. The fourth-order valence-corrected chi connectivity index (χ4v) is 15.6. The Morgan fingerprint density at radius 2 is 0.863 bits per heavy atom. The van der Waals surface area contributed by atoms with E-state index in [9.17, 15) is 0 Å². The number of anilines is 3. The molecule has 332 valence electrons. The van der Waals surface area contributed by atoms with Gasteiger partial charge in [-0.15, -0.1) is 0 Å². The van der Waals surface area contributed by atoms with Crippen molar-refractivity contribution >= 4 is 129 Å². The quantitative estimate of drug-likeness (QED) is 0.162. The number of benzene rings is 11. The molecule has 0 atom stereocenters. The second-order valence-electron chi connectivity index (χ2n) is 21.0. The highest BCUT2D eigenvalue weighted by molar-refractivity contribution is 7.04. The Balaban J connectivity index is 1.07. The van der Waals surface area contributed by atoms with Crippen LogP contribution in [-0.4, -0.2) is 27.1 Å². The zero-order valence-corrected chi connectivity index (χ0v) is 39.4. The van der Waals surface area contributed by atoms with Gasteiger partial charge in [0.1, 0.15) is 0 Å². The van der Waals surface area contributed by atoms with E-state index in [0.717, 1.165) is 0 Å². The van der Waals surface area contributed by atoms with Crippen LogP contribution in [0.2, 0.25) is 0 Å². The zero-order chi connectivity index (χ0) is 47.0. The molecule has 0 N–H and O–H groups in total. The average molecular weight is 921 g/mol. The van der Waals surface area contributed by atoms with Crippen molar-refractivity contribution in [3.05, 3.63) is 253 Å². The lowest BCUT2D eigenvalue weighted by molar-refractivity contribution is 0.732. The van der Waals surface area contributed by atoms with Crippen LogP contribution in [0.4, 0.5) is 17.1 Å². The van der Waals surface area contributed by atoms with Gasteiger partial charge in [-0.2, -0.15) is 0 Å². The molecule has 0 radical (unpaired) electrons. The number of fused-ring (bicyclic) bond motifs is 16. The third kappa shape index (κ3) is 4.10. The molecule has 3 aromatic heterocycles. The van der Waals surface area contributed by atoms with Gasteiger partial charge >= 0.3 is 0 Å². The first-order valence-corrected chi connectivity index (χ1v) is 25.8. The predicted octanol–water partition coefficient (Wildman–Crippen LogP) is 11.4. The first-order chi connectivity index (χ1) is 36.3. The van der Waals surface area contributed by atoms with Crippen molar-refractivity contribution in [2.75, 3.05) is 4.90 Å². The molecule has 0 saturated carbocycles. The molecule has 0 fully saturated rings. The molecule has 0 bridgehead atoms. The lowest BCUT2D eigenvalue weighted by Crippen LogP contribution is -2.67. The van der Waals surface area contributed by atoms with Crippen LogP contribution in [0.3, 0.4) is 0 Å². The highest BCUT2D eigenvalue weighted by Gasteiger charge is 2.54. The lowest BCUT2D eigenvalue weighted by Gasteiger charge is -2.51. The number of rotatable bonds is 3. The summed E-state index contributed by atoms with van der Waals surface area (Å²) in [5.41, 5.74) is 28.1. The first-order valence-electron chi connectivity index (χ1n) is 25.8. The summed E-state index contributed by atoms with van der Waals surface area (Å²) in [6.07, 6.45) is 0. The van der Waals surface area contributed by atoms with Gasteiger partial charge < -0.3 is 18.6 Å². The van der Waals surface area contributed by atoms with Gasteiger partial charge in [0.05, 0.1) is 33.2 Å². The van der Waals surface area contributed by atoms with Crippen LogP contribution >= 0.6 is 0 Å². The van der Waals surface area contributed by atoms with E-state index in [-0.39, 0.29) is 13.4 Å². The molecule has 0 amide bonds. The van der Waals surface area contributed by atoms with Gasteiger partial charge in [-0.1, -0.05) is 194 Å². The molecule has 5 aliphatic rings. The van der Waals surface area contributed by atoms with Crippen LogP contribution in [-0.2, 0) is 5.41 Å². The van der Waals surface area contributed by atoms with Crippen LogP contribution in [0, 0.1) is 0 Å². The van der Waals surface area contributed by atoms with E-state index >= 15 is 0 Å². The Morgan fingerprint density at radius 1 is 0.315 bits per heavy atom. The van der Waals surface area contributed by atoms with Crippen LogP contribution in [0.15, 0.2) is 231 Å². The van der Waals surface area contributed by atoms with Gasteiger partial charge in [-0.3, -0.25) is 0 Å². The summed E-state index contributed by atoms with van der Waals surface area (Å²) in [7, 11) is 0. The summed E-state index contributed by atoms with van der Waals surface area (Å²) in [4.78, 5) is 2.70. The van der Waals surface area contributed by atoms with Crippen molar-refractivity contribution < 1.29 is 0 Å². The van der Waals surface area contributed by atoms with Gasteiger partial charge in [0.25, 0.3) is 13.4 Å². The molecule has 0 saturated heterocycles. The van der Waals surface area contributed by atoms with Gasteiger partial charge in [-0.25, -0.2) is 0 Å². The smallest absolute Gasteiger partial charge is 0.252 e. The number of hydrogen-bond donors (Lipinski definition) is 0. The van der Waals surface area contributed by atoms with Gasteiger partial charge in [0.15, 0.2) is 0 Å². The fourth-order valence-electron chi connectivity index (χ4n) is 15.6. The minimum absolute atomic E-state index is 0.0270. The van der Waals surface area contributed by atoms with E-state index in [1.165, 1.54) is 155 Å². The summed E-state index contributed by atoms with van der Waals surface area (Å²) in [6.45, 7) is -0.0430. The number of nitrogens with zero attached hydrogens (tertiary/aromatic N) is 4. The van der Waals surface area contributed by atoms with E-state index < -0.39 is 5.41 Å². The zero-order valence-electron chi connectivity index (χ0n) is 39.4. The van der Waals surface area contributed by atoms with E-state index in [4.69, 9.17) is 0 Å². The molecule has 8 heterocycles. The van der Waals surface area contributed by atoms with Crippen molar-refractivity contribution in [1.82, 2.24) is 13.7 Å². The second kappa shape index (κ2) is 12.8. The number of para-hydroxylation sites is 7. The average Bonchev–Trinajstić information content (AvgIpc) is 4.12. The normalized spacial score (nSPS) is 14.6. The summed E-state index contributed by atoms with van der Waals surface area (Å²) >= 11 is 0. The molecular weight excluding hydrogens is 882 g/mol. The van der Waals surface area contributed by atoms with Crippen molar-refractivity contribution in [2.45, 2.75) is 5.41 Å². The number of aromatic nitrogens is 3. The highest BCUT2D eigenvalue weighted by Crippen LogP contribution is 2.59.